The zero-order valence-electron chi connectivity index (χ0n) is 18.2. The molecular weight excluding hydrogens is 466 g/mol. The van der Waals surface area contributed by atoms with Crippen LogP contribution in [0.3, 0.4) is 0 Å². The molecule has 0 saturated carbocycles. The maximum Gasteiger partial charge on any atom is 0.322 e. The molecule has 0 aliphatic heterocycles. The number of amides is 3. The number of nitrogens with two attached hydrogens (primary N) is 1. The van der Waals surface area contributed by atoms with E-state index in [9.17, 15) is 19.2 Å². The van der Waals surface area contributed by atoms with Gasteiger partial charge in [0.15, 0.2) is 0 Å². The number of rotatable bonds is 13. The van der Waals surface area contributed by atoms with Crippen LogP contribution in [0, 0.1) is 0 Å². The van der Waals surface area contributed by atoms with Crippen molar-refractivity contribution in [2.45, 2.75) is 31.0 Å². The Labute approximate surface area is 201 Å². The predicted molar refractivity (Wildman–Crippen MR) is 131 cm³/mol. The monoisotopic (exact) mass is 495 g/mol. The van der Waals surface area contributed by atoms with Crippen LogP contribution in [0.1, 0.15) is 12.0 Å². The summed E-state index contributed by atoms with van der Waals surface area (Å²) in [5, 5.41) is 17.3. The number of aromatic amines is 1. The van der Waals surface area contributed by atoms with E-state index in [1.165, 1.54) is 11.8 Å². The smallest absolute Gasteiger partial charge is 0.322 e. The Morgan fingerprint density at radius 1 is 1.12 bits per heavy atom. The van der Waals surface area contributed by atoms with Crippen LogP contribution in [0.5, 0.6) is 0 Å². The normalized spacial score (nSPS) is 13.7. The number of carboxylic acids is 1. The van der Waals surface area contributed by atoms with E-state index in [1.54, 1.807) is 6.20 Å². The summed E-state index contributed by atoms with van der Waals surface area (Å²) in [5.74, 6) is -2.25. The van der Waals surface area contributed by atoms with Crippen LogP contribution in [-0.4, -0.2) is 76.2 Å². The lowest BCUT2D eigenvalue weighted by Crippen LogP contribution is -2.57. The van der Waals surface area contributed by atoms with Gasteiger partial charge in [0.2, 0.25) is 17.7 Å². The highest BCUT2D eigenvalue weighted by Crippen LogP contribution is 2.19. The Kier molecular flexibility index (Phi) is 10.6. The zero-order valence-corrected chi connectivity index (χ0v) is 19.9. The van der Waals surface area contributed by atoms with Gasteiger partial charge in [-0.3, -0.25) is 19.2 Å². The number of thioether (sulfide) groups is 1. The van der Waals surface area contributed by atoms with Crippen LogP contribution in [0.25, 0.3) is 10.9 Å². The number of nitrogens with one attached hydrogen (secondary N) is 4. The van der Waals surface area contributed by atoms with Gasteiger partial charge >= 0.3 is 5.97 Å². The second-order valence-electron chi connectivity index (χ2n) is 7.37. The molecule has 0 aliphatic carbocycles. The first-order valence-electron chi connectivity index (χ1n) is 10.3. The molecular formula is C21H29N5O5S2. The van der Waals surface area contributed by atoms with Gasteiger partial charge in [0.05, 0.1) is 6.04 Å². The lowest BCUT2D eigenvalue weighted by molar-refractivity contribution is -0.138. The molecule has 0 bridgehead atoms. The van der Waals surface area contributed by atoms with Gasteiger partial charge in [-0.15, -0.1) is 0 Å². The summed E-state index contributed by atoms with van der Waals surface area (Å²) in [6, 6.07) is 4.68. The number of aliphatic carboxylic acids is 1. The fourth-order valence-electron chi connectivity index (χ4n) is 3.15. The highest BCUT2D eigenvalue weighted by molar-refractivity contribution is 7.98. The van der Waals surface area contributed by atoms with Gasteiger partial charge in [-0.2, -0.15) is 24.4 Å². The molecule has 0 radical (unpaired) electrons. The number of hydrogen-bond acceptors (Lipinski definition) is 7. The Hall–Kier alpha value is -2.70. The second-order valence-corrected chi connectivity index (χ2v) is 8.72. The zero-order chi connectivity index (χ0) is 24.4. The van der Waals surface area contributed by atoms with Gasteiger partial charge < -0.3 is 31.8 Å². The molecule has 180 valence electrons. The minimum atomic E-state index is -1.19. The molecule has 2 aromatic rings. The Morgan fingerprint density at radius 2 is 1.82 bits per heavy atom. The van der Waals surface area contributed by atoms with Crippen molar-refractivity contribution in [1.82, 2.24) is 20.9 Å². The number of H-pyrrole nitrogens is 1. The van der Waals surface area contributed by atoms with E-state index in [2.05, 4.69) is 33.6 Å². The maximum atomic E-state index is 13.2. The van der Waals surface area contributed by atoms with Crippen LogP contribution < -0.4 is 21.7 Å². The molecule has 33 heavy (non-hydrogen) atoms. The van der Waals surface area contributed by atoms with E-state index in [1.807, 2.05) is 30.5 Å². The Morgan fingerprint density at radius 3 is 2.48 bits per heavy atom. The third kappa shape index (κ3) is 7.98. The molecule has 1 aromatic carbocycles. The molecule has 12 heteroatoms. The van der Waals surface area contributed by atoms with E-state index in [0.717, 1.165) is 16.5 Å². The lowest BCUT2D eigenvalue weighted by Gasteiger charge is -2.24. The van der Waals surface area contributed by atoms with Crippen LogP contribution in [0.2, 0.25) is 0 Å². The molecule has 3 atom stereocenters. The summed E-state index contributed by atoms with van der Waals surface area (Å²) in [6.07, 6.45) is 4.07. The average molecular weight is 496 g/mol. The fraction of sp³-hybridized carbons (Fsp3) is 0.429. The second kappa shape index (κ2) is 13.1. The van der Waals surface area contributed by atoms with Gasteiger partial charge in [-0.05, 0) is 30.1 Å². The van der Waals surface area contributed by atoms with E-state index >= 15 is 0 Å². The van der Waals surface area contributed by atoms with Crippen molar-refractivity contribution in [1.29, 1.82) is 0 Å². The molecule has 0 saturated heterocycles. The summed E-state index contributed by atoms with van der Waals surface area (Å²) < 4.78 is 0. The van der Waals surface area contributed by atoms with Crippen molar-refractivity contribution in [3.05, 3.63) is 36.0 Å². The van der Waals surface area contributed by atoms with Gasteiger partial charge in [-0.25, -0.2) is 0 Å². The van der Waals surface area contributed by atoms with Crippen LogP contribution in [0.4, 0.5) is 0 Å². The molecule has 7 N–H and O–H groups in total. The fourth-order valence-corrected chi connectivity index (χ4v) is 3.79. The standard InChI is InChI=1S/C21H29N5O5S2/c1-33-7-6-16(20(30)24-10-18(27)28)25-21(31)17(26-19(29)14(22)11-32)8-12-9-23-15-5-3-2-4-13(12)15/h2-5,9,14,16-17,23,32H,6-8,10-11,22H2,1H3,(H,24,30)(H,25,31)(H,26,29)(H,27,28). The molecule has 0 spiro atoms. The van der Waals surface area contributed by atoms with E-state index in [4.69, 9.17) is 10.8 Å². The van der Waals surface area contributed by atoms with Gasteiger partial charge in [0, 0.05) is 29.3 Å². The molecule has 0 aliphatic rings. The third-order valence-electron chi connectivity index (χ3n) is 4.92. The number of benzene rings is 1. The minimum Gasteiger partial charge on any atom is -0.480 e. The number of para-hydroxylation sites is 1. The number of carbonyl (C=O) groups is 4. The molecule has 2 rings (SSSR count). The van der Waals surface area contributed by atoms with Crippen molar-refractivity contribution in [3.8, 4) is 0 Å². The van der Waals surface area contributed by atoms with Crippen LogP contribution in [0.15, 0.2) is 30.5 Å². The van der Waals surface area contributed by atoms with E-state index < -0.39 is 48.4 Å². The average Bonchev–Trinajstić information content (AvgIpc) is 3.21. The van der Waals surface area contributed by atoms with Gasteiger partial charge in [-0.1, -0.05) is 18.2 Å². The molecule has 1 heterocycles. The first-order chi connectivity index (χ1) is 15.8. The van der Waals surface area contributed by atoms with Crippen molar-refractivity contribution in [2.75, 3.05) is 24.3 Å². The SMILES string of the molecule is CSCCC(NC(=O)C(Cc1c[nH]c2ccccc12)NC(=O)C(N)CS)C(=O)NCC(=O)O. The third-order valence-corrected chi connectivity index (χ3v) is 5.96. The van der Waals surface area contributed by atoms with Gasteiger partial charge in [0.1, 0.15) is 18.6 Å². The highest BCUT2D eigenvalue weighted by atomic mass is 32.2. The Bertz CT molecular complexity index is 983. The van der Waals surface area contributed by atoms with Gasteiger partial charge in [0.25, 0.3) is 0 Å². The first kappa shape index (κ1) is 26.6. The molecule has 10 nitrogen and oxygen atoms in total. The molecule has 0 fully saturated rings. The molecule has 3 unspecified atom stereocenters. The number of fused-ring (bicyclic) bond motifs is 1. The molecule has 3 amide bonds. The summed E-state index contributed by atoms with van der Waals surface area (Å²) in [6.45, 7) is -0.559. The number of aromatic nitrogens is 1. The van der Waals surface area contributed by atoms with Crippen LogP contribution >= 0.6 is 24.4 Å². The van der Waals surface area contributed by atoms with Crippen LogP contribution in [-0.2, 0) is 25.6 Å². The predicted octanol–water partition coefficient (Wildman–Crippen LogP) is -0.109. The maximum absolute atomic E-state index is 13.2. The summed E-state index contributed by atoms with van der Waals surface area (Å²) >= 11 is 5.52. The highest BCUT2D eigenvalue weighted by Gasteiger charge is 2.28. The van der Waals surface area contributed by atoms with E-state index in [-0.39, 0.29) is 12.2 Å². The topological polar surface area (TPSA) is 166 Å². The summed E-state index contributed by atoms with van der Waals surface area (Å²) in [7, 11) is 0. The minimum absolute atomic E-state index is 0.0984. The quantitative estimate of drug-likeness (QED) is 0.190. The number of thiol groups is 1. The lowest BCUT2D eigenvalue weighted by atomic mass is 10.0. The van der Waals surface area contributed by atoms with Crippen molar-refractivity contribution < 1.29 is 24.3 Å². The molecule has 1 aromatic heterocycles. The van der Waals surface area contributed by atoms with Crippen molar-refractivity contribution in [3.63, 3.8) is 0 Å². The number of carbonyl (C=O) groups excluding carboxylic acids is 3. The van der Waals surface area contributed by atoms with Crippen molar-refractivity contribution in [2.24, 2.45) is 5.73 Å². The largest absolute Gasteiger partial charge is 0.480 e. The first-order valence-corrected chi connectivity index (χ1v) is 12.3. The number of hydrogen-bond donors (Lipinski definition) is 7. The Balaban J connectivity index is 2.23. The number of carboxylic acid groups (broad SMARTS) is 1. The summed E-state index contributed by atoms with van der Waals surface area (Å²) in [5.41, 5.74) is 7.46. The van der Waals surface area contributed by atoms with Crippen molar-refractivity contribution >= 4 is 59.0 Å². The van der Waals surface area contributed by atoms with E-state index in [0.29, 0.717) is 12.2 Å². The summed E-state index contributed by atoms with van der Waals surface area (Å²) in [4.78, 5) is 52.0.